The SMILES string of the molecule is Cc1nnc([C@H]2CN(C(=O)[C@@H](C)c3cc4ccccc4o3)CCO2)o1. The monoisotopic (exact) mass is 341 g/mol. The van der Waals surface area contributed by atoms with Gasteiger partial charge in [-0.1, -0.05) is 18.2 Å². The molecule has 1 aromatic carbocycles. The van der Waals surface area contributed by atoms with E-state index < -0.39 is 0 Å². The highest BCUT2D eigenvalue weighted by atomic mass is 16.5. The maximum atomic E-state index is 12.9. The number of furan rings is 1. The predicted octanol–water partition coefficient (Wildman–Crippen LogP) is 2.83. The molecule has 0 aliphatic carbocycles. The van der Waals surface area contributed by atoms with Crippen molar-refractivity contribution in [2.75, 3.05) is 19.7 Å². The number of benzene rings is 1. The Balaban J connectivity index is 1.51. The number of aromatic nitrogens is 2. The fraction of sp³-hybridized carbons (Fsp3) is 0.389. The minimum Gasteiger partial charge on any atom is -0.460 e. The van der Waals surface area contributed by atoms with Crippen molar-refractivity contribution in [3.63, 3.8) is 0 Å². The van der Waals surface area contributed by atoms with E-state index in [2.05, 4.69) is 10.2 Å². The van der Waals surface area contributed by atoms with Crippen LogP contribution in [0.3, 0.4) is 0 Å². The summed E-state index contributed by atoms with van der Waals surface area (Å²) in [6.45, 7) is 4.95. The van der Waals surface area contributed by atoms with Crippen molar-refractivity contribution in [1.82, 2.24) is 15.1 Å². The molecule has 0 radical (unpaired) electrons. The number of hydrogen-bond donors (Lipinski definition) is 0. The largest absolute Gasteiger partial charge is 0.460 e. The van der Waals surface area contributed by atoms with Gasteiger partial charge in [-0.2, -0.15) is 0 Å². The van der Waals surface area contributed by atoms with E-state index in [1.165, 1.54) is 0 Å². The first-order chi connectivity index (χ1) is 12.1. The molecule has 2 atom stereocenters. The summed E-state index contributed by atoms with van der Waals surface area (Å²) in [5.74, 6) is 1.20. The van der Waals surface area contributed by atoms with Crippen LogP contribution >= 0.6 is 0 Å². The van der Waals surface area contributed by atoms with Gasteiger partial charge in [0, 0.05) is 18.9 Å². The normalized spacial score (nSPS) is 19.3. The Bertz CT molecular complexity index is 868. The van der Waals surface area contributed by atoms with E-state index in [4.69, 9.17) is 13.6 Å². The highest BCUT2D eigenvalue weighted by Gasteiger charge is 2.32. The molecular weight excluding hydrogens is 322 g/mol. The van der Waals surface area contributed by atoms with Crippen molar-refractivity contribution in [1.29, 1.82) is 0 Å². The molecule has 1 aliphatic heterocycles. The molecule has 3 aromatic rings. The highest BCUT2D eigenvalue weighted by Crippen LogP contribution is 2.28. The second kappa shape index (κ2) is 6.33. The van der Waals surface area contributed by atoms with E-state index in [9.17, 15) is 4.79 Å². The number of fused-ring (bicyclic) bond motifs is 1. The molecule has 0 N–H and O–H groups in total. The van der Waals surface area contributed by atoms with Gasteiger partial charge in [0.05, 0.1) is 19.1 Å². The molecule has 3 heterocycles. The first-order valence-electron chi connectivity index (χ1n) is 8.30. The molecule has 1 aliphatic rings. The van der Waals surface area contributed by atoms with Crippen LogP contribution in [0.4, 0.5) is 0 Å². The number of aryl methyl sites for hydroxylation is 1. The van der Waals surface area contributed by atoms with Crippen molar-refractivity contribution in [2.45, 2.75) is 25.9 Å². The van der Waals surface area contributed by atoms with Crippen molar-refractivity contribution in [2.24, 2.45) is 0 Å². The summed E-state index contributed by atoms with van der Waals surface area (Å²) in [5, 5.41) is 8.82. The Morgan fingerprint density at radius 2 is 2.12 bits per heavy atom. The molecule has 7 nitrogen and oxygen atoms in total. The Morgan fingerprint density at radius 1 is 1.28 bits per heavy atom. The Morgan fingerprint density at radius 3 is 2.88 bits per heavy atom. The molecule has 0 spiro atoms. The summed E-state index contributed by atoms with van der Waals surface area (Å²) >= 11 is 0. The number of carbonyl (C=O) groups excluding carboxylic acids is 1. The topological polar surface area (TPSA) is 81.6 Å². The fourth-order valence-electron chi connectivity index (χ4n) is 3.05. The number of morpholine rings is 1. The number of amides is 1. The van der Waals surface area contributed by atoms with Crippen LogP contribution in [0.25, 0.3) is 11.0 Å². The molecule has 1 amide bonds. The van der Waals surface area contributed by atoms with E-state index in [1.807, 2.05) is 37.3 Å². The Kier molecular flexibility index (Phi) is 4.01. The molecule has 130 valence electrons. The van der Waals surface area contributed by atoms with Crippen LogP contribution in [0.5, 0.6) is 0 Å². The van der Waals surface area contributed by atoms with Gasteiger partial charge in [0.1, 0.15) is 11.3 Å². The third-order valence-corrected chi connectivity index (χ3v) is 4.44. The zero-order valence-electron chi connectivity index (χ0n) is 14.1. The van der Waals surface area contributed by atoms with Crippen molar-refractivity contribution in [3.05, 3.63) is 47.9 Å². The van der Waals surface area contributed by atoms with Gasteiger partial charge in [-0.05, 0) is 19.1 Å². The summed E-state index contributed by atoms with van der Waals surface area (Å²) in [6.07, 6.45) is -0.387. The van der Waals surface area contributed by atoms with Gasteiger partial charge in [0.25, 0.3) is 0 Å². The third kappa shape index (κ3) is 3.02. The number of nitrogens with zero attached hydrogens (tertiary/aromatic N) is 3. The van der Waals surface area contributed by atoms with Gasteiger partial charge >= 0.3 is 0 Å². The van der Waals surface area contributed by atoms with E-state index in [0.717, 1.165) is 11.0 Å². The average molecular weight is 341 g/mol. The highest BCUT2D eigenvalue weighted by molar-refractivity contribution is 5.85. The molecule has 1 saturated heterocycles. The number of hydrogen-bond acceptors (Lipinski definition) is 6. The first kappa shape index (κ1) is 15.8. The number of para-hydroxylation sites is 1. The zero-order valence-corrected chi connectivity index (χ0v) is 14.1. The molecule has 0 bridgehead atoms. The minimum atomic E-state index is -0.387. The zero-order chi connectivity index (χ0) is 17.4. The number of ether oxygens (including phenoxy) is 1. The lowest BCUT2D eigenvalue weighted by molar-refractivity contribution is -0.141. The van der Waals surface area contributed by atoms with Crippen molar-refractivity contribution < 1.29 is 18.4 Å². The summed E-state index contributed by atoms with van der Waals surface area (Å²) in [4.78, 5) is 14.7. The predicted molar refractivity (Wildman–Crippen MR) is 88.9 cm³/mol. The maximum Gasteiger partial charge on any atom is 0.246 e. The number of carbonyl (C=O) groups is 1. The van der Waals surface area contributed by atoms with E-state index >= 15 is 0 Å². The summed E-state index contributed by atoms with van der Waals surface area (Å²) in [7, 11) is 0. The van der Waals surface area contributed by atoms with E-state index in [0.29, 0.717) is 37.2 Å². The van der Waals surface area contributed by atoms with Crippen LogP contribution in [0, 0.1) is 6.92 Å². The second-order valence-corrected chi connectivity index (χ2v) is 6.21. The van der Waals surface area contributed by atoms with Gasteiger partial charge in [-0.25, -0.2) is 0 Å². The van der Waals surface area contributed by atoms with Gasteiger partial charge in [-0.3, -0.25) is 4.79 Å². The molecule has 2 aromatic heterocycles. The molecule has 25 heavy (non-hydrogen) atoms. The molecule has 1 fully saturated rings. The van der Waals surface area contributed by atoms with Crippen LogP contribution in [0.1, 0.15) is 36.5 Å². The van der Waals surface area contributed by atoms with Gasteiger partial charge in [0.2, 0.25) is 17.7 Å². The van der Waals surface area contributed by atoms with Crippen molar-refractivity contribution >= 4 is 16.9 Å². The van der Waals surface area contributed by atoms with Gasteiger partial charge in [0.15, 0.2) is 6.10 Å². The summed E-state index contributed by atoms with van der Waals surface area (Å²) in [6, 6.07) is 9.67. The molecule has 7 heteroatoms. The van der Waals surface area contributed by atoms with Gasteiger partial charge in [-0.15, -0.1) is 10.2 Å². The lowest BCUT2D eigenvalue weighted by Crippen LogP contribution is -2.44. The lowest BCUT2D eigenvalue weighted by atomic mass is 10.1. The van der Waals surface area contributed by atoms with Crippen molar-refractivity contribution in [3.8, 4) is 0 Å². The third-order valence-electron chi connectivity index (χ3n) is 4.44. The lowest BCUT2D eigenvalue weighted by Gasteiger charge is -2.32. The molecule has 0 saturated carbocycles. The Hall–Kier alpha value is -2.67. The molecule has 0 unspecified atom stereocenters. The smallest absolute Gasteiger partial charge is 0.246 e. The van der Waals surface area contributed by atoms with Crippen LogP contribution in [-0.4, -0.2) is 40.7 Å². The van der Waals surface area contributed by atoms with Crippen LogP contribution in [0.2, 0.25) is 0 Å². The Labute approximate surface area is 144 Å². The average Bonchev–Trinajstić information content (AvgIpc) is 3.26. The molecule has 4 rings (SSSR count). The van der Waals surface area contributed by atoms with E-state index in [1.54, 1.807) is 11.8 Å². The maximum absolute atomic E-state index is 12.9. The summed E-state index contributed by atoms with van der Waals surface area (Å²) in [5.41, 5.74) is 0.790. The molecular formula is C18H19N3O4. The van der Waals surface area contributed by atoms with Gasteiger partial charge < -0.3 is 18.5 Å². The van der Waals surface area contributed by atoms with Crippen LogP contribution < -0.4 is 0 Å². The quantitative estimate of drug-likeness (QED) is 0.728. The first-order valence-corrected chi connectivity index (χ1v) is 8.30. The van der Waals surface area contributed by atoms with Crippen LogP contribution in [0.15, 0.2) is 39.2 Å². The number of rotatable bonds is 3. The standard InChI is InChI=1S/C18H19N3O4/c1-11(15-9-13-5-3-4-6-14(13)25-15)18(22)21-7-8-23-16(10-21)17-20-19-12(2)24-17/h3-6,9,11,16H,7-8,10H2,1-2H3/t11-,16+/m0/s1. The second-order valence-electron chi connectivity index (χ2n) is 6.21. The summed E-state index contributed by atoms with van der Waals surface area (Å²) < 4.78 is 16.9. The minimum absolute atomic E-state index is 0.00333. The van der Waals surface area contributed by atoms with E-state index in [-0.39, 0.29) is 17.9 Å². The van der Waals surface area contributed by atoms with Crippen LogP contribution in [-0.2, 0) is 9.53 Å². The fourth-order valence-corrected chi connectivity index (χ4v) is 3.05.